The Labute approximate surface area is 137 Å². The van der Waals surface area contributed by atoms with Gasteiger partial charge in [0.2, 0.25) is 5.91 Å². The molecule has 0 spiro atoms. The van der Waals surface area contributed by atoms with Crippen LogP contribution in [0.25, 0.3) is 0 Å². The molecule has 0 saturated carbocycles. The van der Waals surface area contributed by atoms with Crippen LogP contribution in [0.2, 0.25) is 0 Å². The predicted octanol–water partition coefficient (Wildman–Crippen LogP) is 2.86. The van der Waals surface area contributed by atoms with Crippen LogP contribution in [-0.4, -0.2) is 22.1 Å². The lowest BCUT2D eigenvalue weighted by Gasteiger charge is -2.06. The third-order valence-corrected chi connectivity index (χ3v) is 5.53. The van der Waals surface area contributed by atoms with Gasteiger partial charge in [0.1, 0.15) is 5.01 Å². The van der Waals surface area contributed by atoms with E-state index in [2.05, 4.69) is 24.1 Å². The number of aromatic nitrogens is 1. The highest BCUT2D eigenvalue weighted by Crippen LogP contribution is 2.19. The average Bonchev–Trinajstić information content (AvgIpc) is 2.94. The van der Waals surface area contributed by atoms with E-state index < -0.39 is 10.8 Å². The lowest BCUT2D eigenvalue weighted by atomic mass is 10.0. The number of benzene rings is 1. The van der Waals surface area contributed by atoms with Gasteiger partial charge >= 0.3 is 0 Å². The summed E-state index contributed by atoms with van der Waals surface area (Å²) in [5.41, 5.74) is 2.01. The molecule has 0 fully saturated rings. The van der Waals surface area contributed by atoms with Crippen molar-refractivity contribution in [2.75, 3.05) is 7.05 Å². The quantitative estimate of drug-likeness (QED) is 0.882. The van der Waals surface area contributed by atoms with Crippen LogP contribution < -0.4 is 5.32 Å². The van der Waals surface area contributed by atoms with Crippen LogP contribution in [0.3, 0.4) is 0 Å². The van der Waals surface area contributed by atoms with E-state index in [1.807, 2.05) is 29.6 Å². The Morgan fingerprint density at radius 1 is 1.32 bits per heavy atom. The molecule has 2 aromatic rings. The molecular formula is C16H20N2O2S2. The molecule has 0 radical (unpaired) electrons. The van der Waals surface area contributed by atoms with Crippen molar-refractivity contribution in [3.8, 4) is 0 Å². The van der Waals surface area contributed by atoms with Crippen molar-refractivity contribution in [1.29, 1.82) is 0 Å². The first-order valence-corrected chi connectivity index (χ1v) is 9.31. The van der Waals surface area contributed by atoms with E-state index in [-0.39, 0.29) is 12.3 Å². The number of nitrogens with zero attached hydrogens (tertiary/aromatic N) is 1. The molecule has 1 aromatic heterocycles. The number of hydrogen-bond donors (Lipinski definition) is 1. The van der Waals surface area contributed by atoms with Crippen molar-refractivity contribution >= 4 is 28.0 Å². The van der Waals surface area contributed by atoms with Gasteiger partial charge in [-0.15, -0.1) is 11.3 Å². The van der Waals surface area contributed by atoms with E-state index in [0.29, 0.717) is 11.7 Å². The molecular weight excluding hydrogens is 316 g/mol. The minimum atomic E-state index is -1.11. The van der Waals surface area contributed by atoms with Gasteiger partial charge in [0.15, 0.2) is 0 Å². The first-order chi connectivity index (χ1) is 10.5. The molecule has 1 amide bonds. The zero-order chi connectivity index (χ0) is 16.1. The topological polar surface area (TPSA) is 59.1 Å². The number of nitrogens with one attached hydrogen (secondary N) is 1. The van der Waals surface area contributed by atoms with Crippen molar-refractivity contribution < 1.29 is 9.00 Å². The molecule has 2 rings (SSSR count). The van der Waals surface area contributed by atoms with E-state index in [0.717, 1.165) is 15.6 Å². The summed E-state index contributed by atoms with van der Waals surface area (Å²) in [6.45, 7) is 4.27. The molecule has 1 atom stereocenters. The second-order valence-corrected chi connectivity index (χ2v) is 7.69. The molecule has 0 unspecified atom stereocenters. The predicted molar refractivity (Wildman–Crippen MR) is 90.5 cm³/mol. The molecule has 22 heavy (non-hydrogen) atoms. The van der Waals surface area contributed by atoms with Crippen molar-refractivity contribution in [2.45, 2.75) is 36.8 Å². The van der Waals surface area contributed by atoms with Crippen LogP contribution in [0.5, 0.6) is 0 Å². The molecule has 1 aromatic carbocycles. The molecule has 0 aliphatic carbocycles. The van der Waals surface area contributed by atoms with Gasteiger partial charge in [-0.1, -0.05) is 26.0 Å². The Balaban J connectivity index is 2.01. The highest BCUT2D eigenvalue weighted by Gasteiger charge is 2.11. The number of amides is 1. The Kier molecular flexibility index (Phi) is 5.85. The summed E-state index contributed by atoms with van der Waals surface area (Å²) < 4.78 is 12.4. The SMILES string of the molecule is CNC(=O)Cc1nc(C[S@](=O)c2ccc(C(C)C)cc2)cs1. The number of carbonyl (C=O) groups is 1. The minimum absolute atomic E-state index is 0.0636. The van der Waals surface area contributed by atoms with Gasteiger partial charge in [0.25, 0.3) is 0 Å². The lowest BCUT2D eigenvalue weighted by Crippen LogP contribution is -2.19. The molecule has 0 aliphatic heterocycles. The number of likely N-dealkylation sites (N-methyl/N-ethyl adjacent to an activating group) is 1. The van der Waals surface area contributed by atoms with Crippen LogP contribution in [0.1, 0.15) is 36.0 Å². The monoisotopic (exact) mass is 336 g/mol. The largest absolute Gasteiger partial charge is 0.359 e. The second kappa shape index (κ2) is 7.65. The van der Waals surface area contributed by atoms with Crippen molar-refractivity contribution in [3.05, 3.63) is 45.9 Å². The zero-order valence-electron chi connectivity index (χ0n) is 13.0. The molecule has 0 saturated heterocycles. The van der Waals surface area contributed by atoms with Gasteiger partial charge in [-0.3, -0.25) is 9.00 Å². The fourth-order valence-electron chi connectivity index (χ4n) is 1.94. The number of hydrogen-bond acceptors (Lipinski definition) is 4. The van der Waals surface area contributed by atoms with E-state index >= 15 is 0 Å². The Hall–Kier alpha value is -1.53. The average molecular weight is 336 g/mol. The summed E-state index contributed by atoms with van der Waals surface area (Å²) >= 11 is 1.43. The van der Waals surface area contributed by atoms with Gasteiger partial charge in [-0.05, 0) is 23.6 Å². The molecule has 118 valence electrons. The first-order valence-electron chi connectivity index (χ1n) is 7.11. The van der Waals surface area contributed by atoms with Gasteiger partial charge < -0.3 is 5.32 Å². The van der Waals surface area contributed by atoms with E-state index in [1.54, 1.807) is 7.05 Å². The van der Waals surface area contributed by atoms with Gasteiger partial charge in [-0.2, -0.15) is 0 Å². The maximum absolute atomic E-state index is 12.4. The van der Waals surface area contributed by atoms with Crippen LogP contribution in [-0.2, 0) is 27.8 Å². The fourth-order valence-corrected chi connectivity index (χ4v) is 3.87. The number of thiazole rings is 1. The zero-order valence-corrected chi connectivity index (χ0v) is 14.6. The Bertz CT molecular complexity index is 663. The maximum Gasteiger partial charge on any atom is 0.226 e. The van der Waals surface area contributed by atoms with Gasteiger partial charge in [0, 0.05) is 17.3 Å². The lowest BCUT2D eigenvalue weighted by molar-refractivity contribution is -0.119. The van der Waals surface area contributed by atoms with E-state index in [9.17, 15) is 9.00 Å². The smallest absolute Gasteiger partial charge is 0.226 e. The van der Waals surface area contributed by atoms with Gasteiger partial charge in [0.05, 0.1) is 28.7 Å². The summed E-state index contributed by atoms with van der Waals surface area (Å²) in [6, 6.07) is 7.89. The number of rotatable bonds is 6. The maximum atomic E-state index is 12.4. The summed E-state index contributed by atoms with van der Waals surface area (Å²) in [6.07, 6.45) is 0.275. The molecule has 0 bridgehead atoms. The molecule has 1 N–H and O–H groups in total. The summed E-state index contributed by atoms with van der Waals surface area (Å²) in [5.74, 6) is 0.783. The highest BCUT2D eigenvalue weighted by atomic mass is 32.2. The van der Waals surface area contributed by atoms with Crippen LogP contribution in [0.4, 0.5) is 0 Å². The molecule has 1 heterocycles. The molecule has 0 aliphatic rings. The van der Waals surface area contributed by atoms with Crippen LogP contribution in [0, 0.1) is 0 Å². The van der Waals surface area contributed by atoms with Crippen molar-refractivity contribution in [2.24, 2.45) is 0 Å². The summed E-state index contributed by atoms with van der Waals surface area (Å²) in [4.78, 5) is 16.5. The summed E-state index contributed by atoms with van der Waals surface area (Å²) in [7, 11) is 0.490. The molecule has 4 nitrogen and oxygen atoms in total. The summed E-state index contributed by atoms with van der Waals surface area (Å²) in [5, 5.41) is 5.20. The van der Waals surface area contributed by atoms with Crippen molar-refractivity contribution in [3.63, 3.8) is 0 Å². The number of carbonyl (C=O) groups excluding carboxylic acids is 1. The van der Waals surface area contributed by atoms with Crippen LogP contribution >= 0.6 is 11.3 Å². The normalized spacial score (nSPS) is 12.4. The van der Waals surface area contributed by atoms with Crippen LogP contribution in [0.15, 0.2) is 34.5 Å². The Morgan fingerprint density at radius 3 is 2.59 bits per heavy atom. The fraction of sp³-hybridized carbons (Fsp3) is 0.375. The second-order valence-electron chi connectivity index (χ2n) is 5.30. The first kappa shape index (κ1) is 16.8. The third kappa shape index (κ3) is 4.48. The van der Waals surface area contributed by atoms with Crippen molar-refractivity contribution in [1.82, 2.24) is 10.3 Å². The van der Waals surface area contributed by atoms with E-state index in [1.165, 1.54) is 16.9 Å². The van der Waals surface area contributed by atoms with E-state index in [4.69, 9.17) is 0 Å². The molecule has 6 heteroatoms. The minimum Gasteiger partial charge on any atom is -0.359 e. The highest BCUT2D eigenvalue weighted by molar-refractivity contribution is 7.84. The standard InChI is InChI=1S/C16H20N2O2S2/c1-11(2)12-4-6-14(7-5-12)22(20)10-13-9-21-16(18-13)8-15(19)17-3/h4-7,9,11H,8,10H2,1-3H3,(H,17,19)/t22-/m0/s1. The van der Waals surface area contributed by atoms with Gasteiger partial charge in [-0.25, -0.2) is 4.98 Å². The third-order valence-electron chi connectivity index (χ3n) is 3.28. The Morgan fingerprint density at radius 2 is 2.00 bits per heavy atom.